The summed E-state index contributed by atoms with van der Waals surface area (Å²) in [6.07, 6.45) is 2.78. The van der Waals surface area contributed by atoms with Crippen molar-refractivity contribution in [2.75, 3.05) is 19.0 Å². The molecule has 0 radical (unpaired) electrons. The Labute approximate surface area is 123 Å². The molecule has 0 amide bonds. The van der Waals surface area contributed by atoms with Gasteiger partial charge < -0.3 is 9.88 Å². The second kappa shape index (κ2) is 6.21. The highest BCUT2D eigenvalue weighted by molar-refractivity contribution is 7.99. The fraction of sp³-hybridized carbons (Fsp3) is 0.538. The number of H-pyrrole nitrogens is 1. The van der Waals surface area contributed by atoms with Gasteiger partial charge in [0.25, 0.3) is 0 Å². The van der Waals surface area contributed by atoms with Crippen LogP contribution in [0, 0.1) is 0 Å². The van der Waals surface area contributed by atoms with Crippen molar-refractivity contribution in [1.29, 1.82) is 0 Å². The molecule has 2 heterocycles. The van der Waals surface area contributed by atoms with Gasteiger partial charge in [-0.25, -0.2) is 9.97 Å². The molecule has 6 nitrogen and oxygen atoms in total. The van der Waals surface area contributed by atoms with Crippen LogP contribution < -0.4 is 4.90 Å². The van der Waals surface area contributed by atoms with Crippen molar-refractivity contribution in [1.82, 2.24) is 24.9 Å². The molecule has 108 valence electrons. The average molecular weight is 292 g/mol. The molecule has 7 heteroatoms. The lowest BCUT2D eigenvalue weighted by Gasteiger charge is -2.13. The fourth-order valence-corrected chi connectivity index (χ4v) is 2.25. The first kappa shape index (κ1) is 14.8. The van der Waals surface area contributed by atoms with Crippen molar-refractivity contribution >= 4 is 17.7 Å². The number of aryl methyl sites for hydroxylation is 1. The number of anilines is 1. The molecular weight excluding hydrogens is 272 g/mol. The van der Waals surface area contributed by atoms with Crippen LogP contribution in [0.5, 0.6) is 0 Å². The zero-order valence-corrected chi connectivity index (χ0v) is 13.3. The lowest BCUT2D eigenvalue weighted by molar-refractivity contribution is 0.715. The van der Waals surface area contributed by atoms with Gasteiger partial charge in [0.2, 0.25) is 11.1 Å². The molecule has 0 aliphatic rings. The van der Waals surface area contributed by atoms with Crippen LogP contribution >= 0.6 is 11.8 Å². The van der Waals surface area contributed by atoms with E-state index in [4.69, 9.17) is 0 Å². The van der Waals surface area contributed by atoms with Gasteiger partial charge in [-0.2, -0.15) is 9.97 Å². The van der Waals surface area contributed by atoms with E-state index in [2.05, 4.69) is 45.7 Å². The van der Waals surface area contributed by atoms with Crippen LogP contribution in [0.1, 0.15) is 38.2 Å². The van der Waals surface area contributed by atoms with Crippen LogP contribution in [-0.4, -0.2) is 39.0 Å². The van der Waals surface area contributed by atoms with E-state index in [0.29, 0.717) is 11.1 Å². The molecule has 2 rings (SSSR count). The maximum atomic E-state index is 4.50. The Morgan fingerprint density at radius 2 is 2.00 bits per heavy atom. The van der Waals surface area contributed by atoms with Crippen molar-refractivity contribution < 1.29 is 0 Å². The molecular formula is C13H20N6S. The second-order valence-electron chi connectivity index (χ2n) is 4.99. The van der Waals surface area contributed by atoms with Crippen molar-refractivity contribution in [3.05, 3.63) is 17.7 Å². The van der Waals surface area contributed by atoms with E-state index in [-0.39, 0.29) is 5.92 Å². The number of rotatable bonds is 5. The Balaban J connectivity index is 2.30. The molecule has 0 saturated carbocycles. The number of nitrogens with zero attached hydrogens (tertiary/aromatic N) is 5. The summed E-state index contributed by atoms with van der Waals surface area (Å²) in [5.74, 6) is 1.74. The predicted molar refractivity (Wildman–Crippen MR) is 80.3 cm³/mol. The van der Waals surface area contributed by atoms with Crippen LogP contribution in [0.2, 0.25) is 0 Å². The first-order valence-corrected chi connectivity index (χ1v) is 7.46. The first-order valence-electron chi connectivity index (χ1n) is 6.64. The van der Waals surface area contributed by atoms with Crippen LogP contribution in [0.4, 0.5) is 5.95 Å². The fourth-order valence-electron chi connectivity index (χ4n) is 1.52. The van der Waals surface area contributed by atoms with Gasteiger partial charge >= 0.3 is 0 Å². The summed E-state index contributed by atoms with van der Waals surface area (Å²) in [6.45, 7) is 6.24. The van der Waals surface area contributed by atoms with E-state index in [1.807, 2.05) is 25.2 Å². The third-order valence-corrected chi connectivity index (χ3v) is 3.48. The minimum Gasteiger partial charge on any atom is -0.347 e. The lowest BCUT2D eigenvalue weighted by atomic mass is 10.2. The van der Waals surface area contributed by atoms with Gasteiger partial charge in [0.15, 0.2) is 5.16 Å². The standard InChI is InChI=1S/C13H20N6S/c1-6-9-7-14-12(15-9)20-13-17-10(8(2)3)16-11(18-13)19(4)5/h7-8H,6H2,1-5H3,(H,14,15). The second-order valence-corrected chi connectivity index (χ2v) is 5.95. The van der Waals surface area contributed by atoms with Gasteiger partial charge in [0, 0.05) is 31.9 Å². The Morgan fingerprint density at radius 1 is 1.25 bits per heavy atom. The third-order valence-electron chi connectivity index (χ3n) is 2.71. The molecule has 0 fully saturated rings. The third kappa shape index (κ3) is 3.47. The molecule has 2 aromatic rings. The number of aromatic nitrogens is 5. The van der Waals surface area contributed by atoms with Crippen LogP contribution in [-0.2, 0) is 6.42 Å². The Kier molecular flexibility index (Phi) is 4.59. The summed E-state index contributed by atoms with van der Waals surface area (Å²) in [4.78, 5) is 22.9. The summed E-state index contributed by atoms with van der Waals surface area (Å²) in [5.41, 5.74) is 1.11. The zero-order valence-electron chi connectivity index (χ0n) is 12.5. The van der Waals surface area contributed by atoms with Crippen molar-refractivity contribution in [3.8, 4) is 0 Å². The molecule has 20 heavy (non-hydrogen) atoms. The monoisotopic (exact) mass is 292 g/mol. The number of aromatic amines is 1. The largest absolute Gasteiger partial charge is 0.347 e. The van der Waals surface area contributed by atoms with Crippen LogP contribution in [0.15, 0.2) is 16.5 Å². The summed E-state index contributed by atoms with van der Waals surface area (Å²) < 4.78 is 0. The average Bonchev–Trinajstić information content (AvgIpc) is 2.85. The smallest absolute Gasteiger partial charge is 0.229 e. The summed E-state index contributed by atoms with van der Waals surface area (Å²) >= 11 is 1.43. The maximum absolute atomic E-state index is 4.50. The number of hydrogen-bond acceptors (Lipinski definition) is 6. The van der Waals surface area contributed by atoms with E-state index in [1.165, 1.54) is 11.8 Å². The SMILES string of the molecule is CCc1cnc(Sc2nc(C(C)C)nc(N(C)C)n2)[nH]1. The normalized spacial score (nSPS) is 11.1. The van der Waals surface area contributed by atoms with E-state index in [1.54, 1.807) is 0 Å². The van der Waals surface area contributed by atoms with Crippen LogP contribution in [0.25, 0.3) is 0 Å². The molecule has 0 atom stereocenters. The quantitative estimate of drug-likeness (QED) is 0.913. The maximum Gasteiger partial charge on any atom is 0.229 e. The van der Waals surface area contributed by atoms with Gasteiger partial charge in [-0.15, -0.1) is 0 Å². The van der Waals surface area contributed by atoms with Gasteiger partial charge in [-0.1, -0.05) is 20.8 Å². The zero-order chi connectivity index (χ0) is 14.7. The first-order chi connectivity index (χ1) is 9.49. The van der Waals surface area contributed by atoms with Gasteiger partial charge in [0.05, 0.1) is 0 Å². The lowest BCUT2D eigenvalue weighted by Crippen LogP contribution is -2.15. The Morgan fingerprint density at radius 3 is 2.55 bits per heavy atom. The predicted octanol–water partition coefficient (Wildman–Crippen LogP) is 2.50. The molecule has 0 aromatic carbocycles. The van der Waals surface area contributed by atoms with Crippen LogP contribution in [0.3, 0.4) is 0 Å². The van der Waals surface area contributed by atoms with E-state index in [9.17, 15) is 0 Å². The topological polar surface area (TPSA) is 70.6 Å². The molecule has 0 saturated heterocycles. The Bertz CT molecular complexity index is 552. The number of nitrogens with one attached hydrogen (secondary N) is 1. The van der Waals surface area contributed by atoms with Crippen molar-refractivity contribution in [2.45, 2.75) is 43.4 Å². The summed E-state index contributed by atoms with van der Waals surface area (Å²) in [6, 6.07) is 0. The molecule has 2 aromatic heterocycles. The van der Waals surface area contributed by atoms with Gasteiger partial charge in [0.1, 0.15) is 5.82 Å². The number of hydrogen-bond donors (Lipinski definition) is 1. The molecule has 0 spiro atoms. The highest BCUT2D eigenvalue weighted by atomic mass is 32.2. The molecule has 0 bridgehead atoms. The highest BCUT2D eigenvalue weighted by Crippen LogP contribution is 2.24. The molecule has 0 unspecified atom stereocenters. The van der Waals surface area contributed by atoms with E-state index < -0.39 is 0 Å². The molecule has 0 aliphatic carbocycles. The minimum atomic E-state index is 0.263. The number of imidazole rings is 1. The van der Waals surface area contributed by atoms with Gasteiger partial charge in [-0.05, 0) is 18.2 Å². The minimum absolute atomic E-state index is 0.263. The molecule has 1 N–H and O–H groups in total. The van der Waals surface area contributed by atoms with E-state index >= 15 is 0 Å². The van der Waals surface area contributed by atoms with Crippen molar-refractivity contribution in [2.24, 2.45) is 0 Å². The Hall–Kier alpha value is -1.63. The van der Waals surface area contributed by atoms with Crippen molar-refractivity contribution in [3.63, 3.8) is 0 Å². The summed E-state index contributed by atoms with van der Waals surface area (Å²) in [7, 11) is 3.85. The van der Waals surface area contributed by atoms with Gasteiger partial charge in [-0.3, -0.25) is 0 Å². The highest BCUT2D eigenvalue weighted by Gasteiger charge is 2.13. The van der Waals surface area contributed by atoms with E-state index in [0.717, 1.165) is 23.1 Å². The molecule has 0 aliphatic heterocycles. The summed E-state index contributed by atoms with van der Waals surface area (Å²) in [5, 5.41) is 1.48.